The summed E-state index contributed by atoms with van der Waals surface area (Å²) in [4.78, 5) is 37.8. The molecular weight excluding hydrogens is 366 g/mol. The van der Waals surface area contributed by atoms with E-state index in [0.29, 0.717) is 16.3 Å². The fraction of sp³-hybridized carbons (Fsp3) is 0.471. The lowest BCUT2D eigenvalue weighted by Gasteiger charge is -2.30. The van der Waals surface area contributed by atoms with E-state index >= 15 is 0 Å². The van der Waals surface area contributed by atoms with Crippen LogP contribution in [0, 0.1) is 13.8 Å². The van der Waals surface area contributed by atoms with Gasteiger partial charge in [-0.1, -0.05) is 29.4 Å². The first-order valence-corrected chi connectivity index (χ1v) is 8.91. The molecule has 0 heterocycles. The van der Waals surface area contributed by atoms with E-state index in [-0.39, 0.29) is 23.4 Å². The Balaban J connectivity index is 3.23. The Morgan fingerprint density at radius 2 is 1.88 bits per heavy atom. The Labute approximate surface area is 156 Å². The van der Waals surface area contributed by atoms with Crippen molar-refractivity contribution in [2.75, 3.05) is 31.5 Å². The predicted octanol–water partition coefficient (Wildman–Crippen LogP) is 2.76. The fourth-order valence-corrected chi connectivity index (χ4v) is 3.14. The van der Waals surface area contributed by atoms with Crippen LogP contribution in [0.4, 0.5) is 5.69 Å². The maximum absolute atomic E-state index is 12.8. The third-order valence-corrected chi connectivity index (χ3v) is 4.87. The molecule has 138 valence electrons. The van der Waals surface area contributed by atoms with Crippen LogP contribution < -0.4 is 4.90 Å². The van der Waals surface area contributed by atoms with Crippen molar-refractivity contribution >= 4 is 46.0 Å². The third-order valence-electron chi connectivity index (χ3n) is 3.62. The molecule has 0 aliphatic carbocycles. The highest BCUT2D eigenvalue weighted by atomic mass is 35.5. The number of anilines is 1. The van der Waals surface area contributed by atoms with Crippen LogP contribution in [0.15, 0.2) is 12.1 Å². The zero-order chi connectivity index (χ0) is 19.1. The van der Waals surface area contributed by atoms with Crippen LogP contribution in [0.2, 0.25) is 5.02 Å². The number of carbonyl (C=O) groups excluding carboxylic acids is 3. The molecule has 8 heteroatoms. The minimum Gasteiger partial charge on any atom is -0.467 e. The van der Waals surface area contributed by atoms with Crippen molar-refractivity contribution in [3.8, 4) is 0 Å². The van der Waals surface area contributed by atoms with Gasteiger partial charge in [0.15, 0.2) is 0 Å². The van der Waals surface area contributed by atoms with Crippen molar-refractivity contribution < 1.29 is 23.9 Å². The first-order valence-electron chi connectivity index (χ1n) is 7.54. The van der Waals surface area contributed by atoms with E-state index in [4.69, 9.17) is 21.1 Å². The second-order valence-corrected chi connectivity index (χ2v) is 6.83. The maximum atomic E-state index is 12.8. The summed E-state index contributed by atoms with van der Waals surface area (Å²) >= 11 is 7.04. The van der Waals surface area contributed by atoms with Gasteiger partial charge in [-0.05, 0) is 38.0 Å². The Bertz CT molecular complexity index is 665. The summed E-state index contributed by atoms with van der Waals surface area (Å²) in [5, 5.41) is 0.222. The lowest BCUT2D eigenvalue weighted by atomic mass is 10.1. The normalized spacial score (nSPS) is 11.8. The minimum atomic E-state index is -0.855. The summed E-state index contributed by atoms with van der Waals surface area (Å²) in [7, 11) is 2.67. The van der Waals surface area contributed by atoms with Gasteiger partial charge < -0.3 is 9.47 Å². The number of methoxy groups -OCH3 is 2. The second-order valence-electron chi connectivity index (χ2n) is 5.39. The van der Waals surface area contributed by atoms with E-state index in [9.17, 15) is 14.4 Å². The molecule has 1 amide bonds. The topological polar surface area (TPSA) is 72.9 Å². The van der Waals surface area contributed by atoms with Crippen LogP contribution in [-0.2, 0) is 23.9 Å². The summed E-state index contributed by atoms with van der Waals surface area (Å²) in [5.41, 5.74) is 2.02. The monoisotopic (exact) mass is 387 g/mol. The molecule has 25 heavy (non-hydrogen) atoms. The molecule has 0 spiro atoms. The number of halogens is 1. The number of rotatable bonds is 7. The second kappa shape index (κ2) is 9.79. The number of hydrogen-bond donors (Lipinski definition) is 0. The number of hydrogen-bond acceptors (Lipinski definition) is 6. The Morgan fingerprint density at radius 1 is 1.24 bits per heavy atom. The van der Waals surface area contributed by atoms with Crippen LogP contribution in [0.3, 0.4) is 0 Å². The number of benzene rings is 1. The molecule has 0 saturated heterocycles. The molecule has 1 aromatic carbocycles. The SMILES string of the molecule is COCC(=O)SCC(=O)N(c1c(C)ccc(Cl)c1C)[C@@H](C)C(=O)OC. The van der Waals surface area contributed by atoms with Crippen molar-refractivity contribution in [3.05, 3.63) is 28.3 Å². The van der Waals surface area contributed by atoms with E-state index in [1.165, 1.54) is 19.1 Å². The van der Waals surface area contributed by atoms with Crippen molar-refractivity contribution in [2.45, 2.75) is 26.8 Å². The van der Waals surface area contributed by atoms with Crippen molar-refractivity contribution in [3.63, 3.8) is 0 Å². The van der Waals surface area contributed by atoms with Crippen LogP contribution in [0.5, 0.6) is 0 Å². The summed E-state index contributed by atoms with van der Waals surface area (Å²) in [5.74, 6) is -1.06. The van der Waals surface area contributed by atoms with Gasteiger partial charge in [-0.3, -0.25) is 14.5 Å². The molecular formula is C17H22ClNO5S. The molecule has 1 atom stereocenters. The lowest BCUT2D eigenvalue weighted by Crippen LogP contribution is -2.46. The summed E-state index contributed by atoms with van der Waals surface area (Å²) in [6.07, 6.45) is 0. The van der Waals surface area contributed by atoms with Gasteiger partial charge in [-0.2, -0.15) is 0 Å². The summed E-state index contributed by atoms with van der Waals surface area (Å²) in [6, 6.07) is 2.66. The maximum Gasteiger partial charge on any atom is 0.328 e. The van der Waals surface area contributed by atoms with Crippen molar-refractivity contribution in [2.24, 2.45) is 0 Å². The van der Waals surface area contributed by atoms with E-state index < -0.39 is 12.0 Å². The van der Waals surface area contributed by atoms with Crippen molar-refractivity contribution in [1.82, 2.24) is 0 Å². The molecule has 0 aromatic heterocycles. The number of nitrogens with zero attached hydrogens (tertiary/aromatic N) is 1. The lowest BCUT2D eigenvalue weighted by molar-refractivity contribution is -0.142. The van der Waals surface area contributed by atoms with Gasteiger partial charge in [0.2, 0.25) is 11.0 Å². The smallest absolute Gasteiger partial charge is 0.328 e. The largest absolute Gasteiger partial charge is 0.467 e. The Morgan fingerprint density at radius 3 is 2.44 bits per heavy atom. The Kier molecular flexibility index (Phi) is 8.41. The fourth-order valence-electron chi connectivity index (χ4n) is 2.36. The van der Waals surface area contributed by atoms with E-state index in [1.54, 1.807) is 26.0 Å². The molecule has 0 N–H and O–H groups in total. The summed E-state index contributed by atoms with van der Waals surface area (Å²) in [6.45, 7) is 5.09. The van der Waals surface area contributed by atoms with Crippen molar-refractivity contribution in [1.29, 1.82) is 0 Å². The molecule has 0 saturated carbocycles. The number of thioether (sulfide) groups is 1. The first-order chi connectivity index (χ1) is 11.7. The molecule has 0 fully saturated rings. The van der Waals surface area contributed by atoms with Crippen LogP contribution in [-0.4, -0.2) is 49.6 Å². The number of carbonyl (C=O) groups is 3. The van der Waals surface area contributed by atoms with Gasteiger partial charge in [0.05, 0.1) is 18.6 Å². The molecule has 0 aliphatic rings. The summed E-state index contributed by atoms with van der Waals surface area (Å²) < 4.78 is 9.53. The molecule has 1 aromatic rings. The van der Waals surface area contributed by atoms with E-state index in [2.05, 4.69) is 0 Å². The average molecular weight is 388 g/mol. The van der Waals surface area contributed by atoms with Gasteiger partial charge in [0.25, 0.3) is 0 Å². The van der Waals surface area contributed by atoms with Gasteiger partial charge in [0, 0.05) is 12.1 Å². The zero-order valence-electron chi connectivity index (χ0n) is 14.9. The van der Waals surface area contributed by atoms with Gasteiger partial charge in [-0.15, -0.1) is 0 Å². The van der Waals surface area contributed by atoms with Gasteiger partial charge >= 0.3 is 5.97 Å². The molecule has 6 nitrogen and oxygen atoms in total. The highest BCUT2D eigenvalue weighted by molar-refractivity contribution is 8.14. The molecule has 0 bridgehead atoms. The van der Waals surface area contributed by atoms with Crippen LogP contribution in [0.1, 0.15) is 18.1 Å². The highest BCUT2D eigenvalue weighted by Crippen LogP contribution is 2.32. The molecule has 1 rings (SSSR count). The molecule has 0 aliphatic heterocycles. The number of amides is 1. The predicted molar refractivity (Wildman–Crippen MR) is 99.2 cm³/mol. The standard InChI is InChI=1S/C17H22ClNO5S/c1-10-6-7-13(18)11(2)16(10)19(12(3)17(22)24-5)14(20)9-25-15(21)8-23-4/h6-7,12H,8-9H2,1-5H3/t12-/m0/s1. The van der Waals surface area contributed by atoms with Crippen LogP contribution >= 0.6 is 23.4 Å². The third kappa shape index (κ3) is 5.45. The van der Waals surface area contributed by atoms with E-state index in [0.717, 1.165) is 17.3 Å². The highest BCUT2D eigenvalue weighted by Gasteiger charge is 2.31. The molecule has 0 unspecified atom stereocenters. The van der Waals surface area contributed by atoms with Crippen LogP contribution in [0.25, 0.3) is 0 Å². The Hall–Kier alpha value is -1.57. The number of aryl methyl sites for hydroxylation is 1. The van der Waals surface area contributed by atoms with E-state index in [1.807, 2.05) is 6.92 Å². The minimum absolute atomic E-state index is 0.0836. The molecule has 0 radical (unpaired) electrons. The van der Waals surface area contributed by atoms with Gasteiger partial charge in [-0.25, -0.2) is 4.79 Å². The quantitative estimate of drug-likeness (QED) is 0.670. The number of esters is 1. The zero-order valence-corrected chi connectivity index (χ0v) is 16.5. The first kappa shape index (κ1) is 21.5. The number of ether oxygens (including phenoxy) is 2. The average Bonchev–Trinajstić information content (AvgIpc) is 2.59. The van der Waals surface area contributed by atoms with Gasteiger partial charge in [0.1, 0.15) is 12.6 Å².